The Balaban J connectivity index is 2.20. The quantitative estimate of drug-likeness (QED) is 0.888. The molecular weight excluding hydrogens is 242 g/mol. The van der Waals surface area contributed by atoms with Gasteiger partial charge in [0, 0.05) is 18.8 Å². The summed E-state index contributed by atoms with van der Waals surface area (Å²) in [6.07, 6.45) is 2.58. The van der Waals surface area contributed by atoms with Gasteiger partial charge in [0.15, 0.2) is 11.4 Å². The van der Waals surface area contributed by atoms with Crippen molar-refractivity contribution in [3.63, 3.8) is 0 Å². The van der Waals surface area contributed by atoms with Crippen molar-refractivity contribution >= 4 is 5.91 Å². The van der Waals surface area contributed by atoms with Gasteiger partial charge in [-0.15, -0.1) is 0 Å². The van der Waals surface area contributed by atoms with E-state index in [9.17, 15) is 4.79 Å². The first kappa shape index (κ1) is 13.8. The van der Waals surface area contributed by atoms with E-state index in [-0.39, 0.29) is 11.9 Å². The number of likely N-dealkylation sites (tertiary alicyclic amines) is 1. The molecule has 1 aliphatic rings. The minimum absolute atomic E-state index is 0.0625. The van der Waals surface area contributed by atoms with E-state index < -0.39 is 0 Å². The van der Waals surface area contributed by atoms with Gasteiger partial charge in [-0.05, 0) is 44.9 Å². The second kappa shape index (κ2) is 6.02. The molecule has 1 saturated heterocycles. The molecule has 2 rings (SSSR count). The molecule has 2 unspecified atom stereocenters. The molecule has 0 spiro atoms. The standard InChI is InChI=1S/C14H21N3O2/c1-3-19-12-5-4-6-16-13(12)14(18)17-9-11(8-15)7-10(17)2/h4-6,10-11H,3,7-9,15H2,1-2H3. The number of pyridine rings is 1. The monoisotopic (exact) mass is 263 g/mol. The summed E-state index contributed by atoms with van der Waals surface area (Å²) in [6.45, 7) is 5.79. The smallest absolute Gasteiger partial charge is 0.276 e. The van der Waals surface area contributed by atoms with Crippen LogP contribution >= 0.6 is 0 Å². The van der Waals surface area contributed by atoms with Crippen LogP contribution in [0.25, 0.3) is 0 Å². The summed E-state index contributed by atoms with van der Waals surface area (Å²) >= 11 is 0. The predicted octanol–water partition coefficient (Wildman–Crippen LogP) is 1.29. The van der Waals surface area contributed by atoms with E-state index in [4.69, 9.17) is 10.5 Å². The highest BCUT2D eigenvalue weighted by molar-refractivity contribution is 5.95. The molecule has 1 aromatic heterocycles. The van der Waals surface area contributed by atoms with Crippen molar-refractivity contribution in [3.8, 4) is 5.75 Å². The van der Waals surface area contributed by atoms with Crippen molar-refractivity contribution in [3.05, 3.63) is 24.0 Å². The van der Waals surface area contributed by atoms with Gasteiger partial charge in [-0.1, -0.05) is 0 Å². The van der Waals surface area contributed by atoms with Crippen LogP contribution in [0, 0.1) is 5.92 Å². The topological polar surface area (TPSA) is 68.5 Å². The Kier molecular flexibility index (Phi) is 4.37. The third-order valence-electron chi connectivity index (χ3n) is 3.53. The summed E-state index contributed by atoms with van der Waals surface area (Å²) in [5, 5.41) is 0. The number of carbonyl (C=O) groups is 1. The lowest BCUT2D eigenvalue weighted by molar-refractivity contribution is 0.0733. The Morgan fingerprint density at radius 2 is 2.42 bits per heavy atom. The molecule has 5 heteroatoms. The molecule has 1 aliphatic heterocycles. The fourth-order valence-corrected chi connectivity index (χ4v) is 2.56. The fourth-order valence-electron chi connectivity index (χ4n) is 2.56. The number of carbonyl (C=O) groups excluding carboxylic acids is 1. The van der Waals surface area contributed by atoms with Crippen molar-refractivity contribution in [2.24, 2.45) is 11.7 Å². The molecule has 1 aromatic rings. The van der Waals surface area contributed by atoms with Gasteiger partial charge in [0.25, 0.3) is 5.91 Å². The summed E-state index contributed by atoms with van der Waals surface area (Å²) < 4.78 is 5.47. The van der Waals surface area contributed by atoms with E-state index in [0.717, 1.165) is 6.42 Å². The average Bonchev–Trinajstić information content (AvgIpc) is 2.80. The maximum atomic E-state index is 12.6. The highest BCUT2D eigenvalue weighted by Gasteiger charge is 2.33. The second-order valence-corrected chi connectivity index (χ2v) is 4.93. The van der Waals surface area contributed by atoms with Gasteiger partial charge in [-0.2, -0.15) is 0 Å². The largest absolute Gasteiger partial charge is 0.491 e. The third-order valence-corrected chi connectivity index (χ3v) is 3.53. The molecule has 1 amide bonds. The van der Waals surface area contributed by atoms with Crippen LogP contribution in [0.4, 0.5) is 0 Å². The molecule has 0 aromatic carbocycles. The lowest BCUT2D eigenvalue weighted by Gasteiger charge is -2.22. The maximum Gasteiger partial charge on any atom is 0.276 e. The summed E-state index contributed by atoms with van der Waals surface area (Å²) in [6, 6.07) is 3.76. The highest BCUT2D eigenvalue weighted by atomic mass is 16.5. The lowest BCUT2D eigenvalue weighted by atomic mass is 10.1. The van der Waals surface area contributed by atoms with Crippen LogP contribution < -0.4 is 10.5 Å². The maximum absolute atomic E-state index is 12.6. The van der Waals surface area contributed by atoms with Crippen LogP contribution in [-0.2, 0) is 0 Å². The van der Waals surface area contributed by atoms with Gasteiger partial charge < -0.3 is 15.4 Å². The molecule has 2 heterocycles. The molecule has 0 saturated carbocycles. The number of nitrogens with two attached hydrogens (primary N) is 1. The van der Waals surface area contributed by atoms with Crippen LogP contribution in [0.5, 0.6) is 5.75 Å². The van der Waals surface area contributed by atoms with Crippen LogP contribution in [0.15, 0.2) is 18.3 Å². The van der Waals surface area contributed by atoms with Gasteiger partial charge in [0.05, 0.1) is 6.61 Å². The molecule has 2 atom stereocenters. The van der Waals surface area contributed by atoms with Crippen molar-refractivity contribution < 1.29 is 9.53 Å². The van der Waals surface area contributed by atoms with Crippen molar-refractivity contribution in [2.45, 2.75) is 26.3 Å². The van der Waals surface area contributed by atoms with E-state index in [2.05, 4.69) is 11.9 Å². The SMILES string of the molecule is CCOc1cccnc1C(=O)N1CC(CN)CC1C. The van der Waals surface area contributed by atoms with Gasteiger partial charge in [-0.3, -0.25) is 4.79 Å². The van der Waals surface area contributed by atoms with Gasteiger partial charge in [0.1, 0.15) is 0 Å². The number of aromatic nitrogens is 1. The van der Waals surface area contributed by atoms with E-state index >= 15 is 0 Å². The van der Waals surface area contributed by atoms with E-state index in [1.807, 2.05) is 11.8 Å². The van der Waals surface area contributed by atoms with E-state index in [1.165, 1.54) is 0 Å². The van der Waals surface area contributed by atoms with Crippen molar-refractivity contribution in [2.75, 3.05) is 19.7 Å². The first-order chi connectivity index (χ1) is 9.17. The number of hydrogen-bond donors (Lipinski definition) is 1. The number of rotatable bonds is 4. The van der Waals surface area contributed by atoms with Crippen molar-refractivity contribution in [1.29, 1.82) is 0 Å². The second-order valence-electron chi connectivity index (χ2n) is 4.93. The van der Waals surface area contributed by atoms with Crippen LogP contribution in [0.2, 0.25) is 0 Å². The molecule has 2 N–H and O–H groups in total. The van der Waals surface area contributed by atoms with Gasteiger partial charge in [-0.25, -0.2) is 4.98 Å². The summed E-state index contributed by atoms with van der Waals surface area (Å²) in [7, 11) is 0. The average molecular weight is 263 g/mol. The molecule has 0 bridgehead atoms. The van der Waals surface area contributed by atoms with Crippen LogP contribution in [0.3, 0.4) is 0 Å². The minimum Gasteiger partial charge on any atom is -0.491 e. The zero-order valence-electron chi connectivity index (χ0n) is 11.5. The van der Waals surface area contributed by atoms with E-state index in [1.54, 1.807) is 18.3 Å². The molecule has 19 heavy (non-hydrogen) atoms. The summed E-state index contributed by atoms with van der Waals surface area (Å²) in [5.41, 5.74) is 6.09. The number of ether oxygens (including phenoxy) is 1. The van der Waals surface area contributed by atoms with E-state index in [0.29, 0.717) is 37.1 Å². The normalized spacial score (nSPS) is 22.6. The molecule has 0 radical (unpaired) electrons. The minimum atomic E-state index is -0.0625. The third kappa shape index (κ3) is 2.87. The zero-order chi connectivity index (χ0) is 13.8. The number of amides is 1. The van der Waals surface area contributed by atoms with Crippen LogP contribution in [0.1, 0.15) is 30.8 Å². The number of nitrogens with zero attached hydrogens (tertiary/aromatic N) is 2. The first-order valence-corrected chi connectivity index (χ1v) is 6.76. The molecule has 1 fully saturated rings. The Morgan fingerprint density at radius 3 is 3.05 bits per heavy atom. The van der Waals surface area contributed by atoms with Gasteiger partial charge in [0.2, 0.25) is 0 Å². The zero-order valence-corrected chi connectivity index (χ0v) is 11.5. The lowest BCUT2D eigenvalue weighted by Crippen LogP contribution is -2.35. The molecule has 104 valence electrons. The van der Waals surface area contributed by atoms with Gasteiger partial charge >= 0.3 is 0 Å². The Morgan fingerprint density at radius 1 is 1.63 bits per heavy atom. The summed E-state index contributed by atoms with van der Waals surface area (Å²) in [5.74, 6) is 0.879. The Labute approximate surface area is 113 Å². The van der Waals surface area contributed by atoms with Crippen LogP contribution in [-0.4, -0.2) is 41.5 Å². The highest BCUT2D eigenvalue weighted by Crippen LogP contribution is 2.26. The predicted molar refractivity (Wildman–Crippen MR) is 73.1 cm³/mol. The fraction of sp³-hybridized carbons (Fsp3) is 0.571. The number of hydrogen-bond acceptors (Lipinski definition) is 4. The Hall–Kier alpha value is -1.62. The molecular formula is C14H21N3O2. The van der Waals surface area contributed by atoms with Crippen molar-refractivity contribution in [1.82, 2.24) is 9.88 Å². The summed E-state index contributed by atoms with van der Waals surface area (Å²) in [4.78, 5) is 18.6. The molecule has 0 aliphatic carbocycles. The first-order valence-electron chi connectivity index (χ1n) is 6.76. The molecule has 5 nitrogen and oxygen atoms in total. The Bertz CT molecular complexity index is 450.